The van der Waals surface area contributed by atoms with Gasteiger partial charge < -0.3 is 5.73 Å². The molecule has 0 saturated heterocycles. The maximum atomic E-state index is 6.31. The SMILES string of the molecule is NC1CCCCCC1c1nnc2ccc(Br)cn12. The third-order valence-corrected chi connectivity index (χ3v) is 4.26. The fourth-order valence-electron chi connectivity index (χ4n) is 2.79. The summed E-state index contributed by atoms with van der Waals surface area (Å²) in [5.74, 6) is 1.34. The molecule has 2 heterocycles. The maximum Gasteiger partial charge on any atom is 0.160 e. The fraction of sp³-hybridized carbons (Fsp3) is 0.538. The molecule has 5 heteroatoms. The highest BCUT2D eigenvalue weighted by atomic mass is 79.9. The van der Waals surface area contributed by atoms with Gasteiger partial charge in [0.2, 0.25) is 0 Å². The van der Waals surface area contributed by atoms with Gasteiger partial charge >= 0.3 is 0 Å². The van der Waals surface area contributed by atoms with Crippen LogP contribution in [-0.4, -0.2) is 20.6 Å². The molecule has 2 aromatic rings. The minimum atomic E-state index is 0.207. The van der Waals surface area contributed by atoms with Crippen molar-refractivity contribution < 1.29 is 0 Å². The number of hydrogen-bond acceptors (Lipinski definition) is 3. The molecule has 2 unspecified atom stereocenters. The molecule has 2 N–H and O–H groups in total. The van der Waals surface area contributed by atoms with Gasteiger partial charge in [0.1, 0.15) is 5.82 Å². The molecule has 2 atom stereocenters. The summed E-state index contributed by atoms with van der Waals surface area (Å²) in [7, 11) is 0. The van der Waals surface area contributed by atoms with E-state index in [1.54, 1.807) is 0 Å². The Kier molecular flexibility index (Phi) is 3.35. The summed E-state index contributed by atoms with van der Waals surface area (Å²) in [6.45, 7) is 0. The number of aromatic nitrogens is 3. The first-order valence-corrected chi connectivity index (χ1v) is 7.31. The number of hydrogen-bond donors (Lipinski definition) is 1. The van der Waals surface area contributed by atoms with Crippen molar-refractivity contribution >= 4 is 21.6 Å². The van der Waals surface area contributed by atoms with Crippen LogP contribution in [-0.2, 0) is 0 Å². The number of pyridine rings is 1. The molecule has 0 aliphatic heterocycles. The number of nitrogens with zero attached hydrogens (tertiary/aromatic N) is 3. The van der Waals surface area contributed by atoms with Crippen molar-refractivity contribution in [1.29, 1.82) is 0 Å². The number of nitrogens with two attached hydrogens (primary N) is 1. The highest BCUT2D eigenvalue weighted by molar-refractivity contribution is 9.10. The molecule has 0 aromatic carbocycles. The van der Waals surface area contributed by atoms with Crippen molar-refractivity contribution in [3.8, 4) is 0 Å². The Bertz CT molecular complexity index is 551. The molecule has 1 aliphatic carbocycles. The van der Waals surface area contributed by atoms with Gasteiger partial charge in [0.05, 0.1) is 0 Å². The quantitative estimate of drug-likeness (QED) is 0.824. The molecule has 0 spiro atoms. The zero-order valence-electron chi connectivity index (χ0n) is 10.2. The molecule has 4 nitrogen and oxygen atoms in total. The summed E-state index contributed by atoms with van der Waals surface area (Å²) in [4.78, 5) is 0. The molecule has 0 bridgehead atoms. The van der Waals surface area contributed by atoms with E-state index in [2.05, 4.69) is 30.5 Å². The molecule has 1 aliphatic rings. The second kappa shape index (κ2) is 4.97. The first-order chi connectivity index (χ1) is 8.75. The van der Waals surface area contributed by atoms with Crippen molar-refractivity contribution in [2.45, 2.75) is 44.1 Å². The molecular weight excluding hydrogens is 292 g/mol. The monoisotopic (exact) mass is 308 g/mol. The van der Waals surface area contributed by atoms with Crippen LogP contribution in [0.15, 0.2) is 22.8 Å². The highest BCUT2D eigenvalue weighted by Crippen LogP contribution is 2.30. The van der Waals surface area contributed by atoms with Gasteiger partial charge in [-0.25, -0.2) is 0 Å². The second-order valence-corrected chi connectivity index (χ2v) is 5.96. The van der Waals surface area contributed by atoms with Gasteiger partial charge in [-0.2, -0.15) is 0 Å². The normalized spacial score (nSPS) is 25.2. The number of rotatable bonds is 1. The van der Waals surface area contributed by atoms with Crippen molar-refractivity contribution in [2.75, 3.05) is 0 Å². The van der Waals surface area contributed by atoms with Crippen LogP contribution in [0.3, 0.4) is 0 Å². The van der Waals surface area contributed by atoms with E-state index in [-0.39, 0.29) is 6.04 Å². The van der Waals surface area contributed by atoms with E-state index >= 15 is 0 Å². The lowest BCUT2D eigenvalue weighted by Crippen LogP contribution is -2.28. The van der Waals surface area contributed by atoms with E-state index < -0.39 is 0 Å². The van der Waals surface area contributed by atoms with Crippen molar-refractivity contribution in [3.05, 3.63) is 28.6 Å². The Morgan fingerprint density at radius 3 is 2.89 bits per heavy atom. The molecular formula is C13H17BrN4. The first kappa shape index (κ1) is 12.1. The van der Waals surface area contributed by atoms with Crippen LogP contribution in [0.1, 0.15) is 43.8 Å². The summed E-state index contributed by atoms with van der Waals surface area (Å²) in [6.07, 6.45) is 7.99. The molecule has 0 amide bonds. The van der Waals surface area contributed by atoms with E-state index in [1.165, 1.54) is 19.3 Å². The lowest BCUT2D eigenvalue weighted by atomic mass is 9.95. The van der Waals surface area contributed by atoms with Crippen LogP contribution >= 0.6 is 15.9 Å². The highest BCUT2D eigenvalue weighted by Gasteiger charge is 2.26. The van der Waals surface area contributed by atoms with Gasteiger partial charge in [-0.05, 0) is 40.9 Å². The van der Waals surface area contributed by atoms with E-state index in [0.29, 0.717) is 5.92 Å². The standard InChI is InChI=1S/C13H17BrN4/c14-9-6-7-12-16-17-13(18(12)8-9)10-4-2-1-3-5-11(10)15/h6-8,10-11H,1-5,15H2. The smallest absolute Gasteiger partial charge is 0.160 e. The van der Waals surface area contributed by atoms with E-state index in [1.807, 2.05) is 18.3 Å². The fourth-order valence-corrected chi connectivity index (χ4v) is 3.13. The summed E-state index contributed by atoms with van der Waals surface area (Å²) in [5, 5.41) is 8.60. The van der Waals surface area contributed by atoms with Crippen LogP contribution in [0.4, 0.5) is 0 Å². The molecule has 2 aromatic heterocycles. The van der Waals surface area contributed by atoms with Gasteiger partial charge in [-0.3, -0.25) is 4.40 Å². The number of fused-ring (bicyclic) bond motifs is 1. The third kappa shape index (κ3) is 2.17. The van der Waals surface area contributed by atoms with Crippen LogP contribution in [0.2, 0.25) is 0 Å². The van der Waals surface area contributed by atoms with Gasteiger partial charge in [0.25, 0.3) is 0 Å². The van der Waals surface area contributed by atoms with Crippen LogP contribution in [0, 0.1) is 0 Å². The van der Waals surface area contributed by atoms with Gasteiger partial charge in [0.15, 0.2) is 5.65 Å². The summed E-state index contributed by atoms with van der Waals surface area (Å²) < 4.78 is 3.11. The summed E-state index contributed by atoms with van der Waals surface area (Å²) in [5.41, 5.74) is 7.20. The van der Waals surface area contributed by atoms with Crippen molar-refractivity contribution in [1.82, 2.24) is 14.6 Å². The Hall–Kier alpha value is -0.940. The predicted octanol–water partition coefficient (Wildman–Crippen LogP) is 2.87. The Balaban J connectivity index is 2.04. The van der Waals surface area contributed by atoms with Crippen LogP contribution < -0.4 is 5.73 Å². The minimum absolute atomic E-state index is 0.207. The lowest BCUT2D eigenvalue weighted by Gasteiger charge is -2.19. The Labute approximate surface area is 115 Å². The minimum Gasteiger partial charge on any atom is -0.327 e. The first-order valence-electron chi connectivity index (χ1n) is 6.51. The van der Waals surface area contributed by atoms with Crippen LogP contribution in [0.25, 0.3) is 5.65 Å². The van der Waals surface area contributed by atoms with Crippen molar-refractivity contribution in [3.63, 3.8) is 0 Å². The van der Waals surface area contributed by atoms with E-state index in [0.717, 1.165) is 28.8 Å². The lowest BCUT2D eigenvalue weighted by molar-refractivity contribution is 0.480. The van der Waals surface area contributed by atoms with Crippen molar-refractivity contribution in [2.24, 2.45) is 5.73 Å². The third-order valence-electron chi connectivity index (χ3n) is 3.79. The summed E-state index contributed by atoms with van der Waals surface area (Å²) in [6, 6.07) is 4.17. The van der Waals surface area contributed by atoms with Gasteiger partial charge in [-0.15, -0.1) is 10.2 Å². The average Bonchev–Trinajstić information content (AvgIpc) is 2.64. The van der Waals surface area contributed by atoms with E-state index in [4.69, 9.17) is 5.73 Å². The predicted molar refractivity (Wildman–Crippen MR) is 74.5 cm³/mol. The zero-order valence-corrected chi connectivity index (χ0v) is 11.8. The molecule has 3 rings (SSSR count). The zero-order chi connectivity index (χ0) is 12.5. The largest absolute Gasteiger partial charge is 0.327 e. The van der Waals surface area contributed by atoms with E-state index in [9.17, 15) is 0 Å². The molecule has 18 heavy (non-hydrogen) atoms. The molecule has 96 valence electrons. The van der Waals surface area contributed by atoms with Crippen LogP contribution in [0.5, 0.6) is 0 Å². The Morgan fingerprint density at radius 1 is 1.17 bits per heavy atom. The topological polar surface area (TPSA) is 56.2 Å². The average molecular weight is 309 g/mol. The number of halogens is 1. The van der Waals surface area contributed by atoms with Gasteiger partial charge in [-0.1, -0.05) is 19.3 Å². The molecule has 1 fully saturated rings. The molecule has 0 radical (unpaired) electrons. The second-order valence-electron chi connectivity index (χ2n) is 5.04. The maximum absolute atomic E-state index is 6.31. The Morgan fingerprint density at radius 2 is 2.00 bits per heavy atom. The molecule has 1 saturated carbocycles. The van der Waals surface area contributed by atoms with Gasteiger partial charge in [0, 0.05) is 22.6 Å². The summed E-state index contributed by atoms with van der Waals surface area (Å²) >= 11 is 3.50.